The normalized spacial score (nSPS) is 10.5. The van der Waals surface area contributed by atoms with E-state index in [0.29, 0.717) is 45.4 Å². The fourth-order valence-corrected chi connectivity index (χ4v) is 1.58. The van der Waals surface area contributed by atoms with Gasteiger partial charge in [0.15, 0.2) is 0 Å². The van der Waals surface area contributed by atoms with Gasteiger partial charge in [0.1, 0.15) is 12.4 Å². The molecule has 0 fully saturated rings. The zero-order chi connectivity index (χ0) is 17.6. The van der Waals surface area contributed by atoms with Crippen molar-refractivity contribution in [2.75, 3.05) is 46.2 Å². The third-order valence-electron chi connectivity index (χ3n) is 2.75. The summed E-state index contributed by atoms with van der Waals surface area (Å²) in [5.74, 6) is -0.348. The molecule has 24 heavy (non-hydrogen) atoms. The first-order chi connectivity index (χ1) is 11.6. The molecule has 0 radical (unpaired) electrons. The van der Waals surface area contributed by atoms with Crippen LogP contribution in [0.3, 0.4) is 0 Å². The third-order valence-corrected chi connectivity index (χ3v) is 2.75. The molecule has 0 heterocycles. The Labute approximate surface area is 139 Å². The number of carboxylic acids is 1. The minimum absolute atomic E-state index is 0.0160. The zero-order valence-corrected chi connectivity index (χ0v) is 13.2. The molecule has 1 rings (SSSR count). The number of aliphatic carboxylic acids is 1. The summed E-state index contributed by atoms with van der Waals surface area (Å²) in [4.78, 5) is 20.3. The summed E-state index contributed by atoms with van der Waals surface area (Å²) in [6, 6.07) is 5.82. The van der Waals surface area contributed by atoms with Gasteiger partial charge in [-0.05, 0) is 12.1 Å². The molecular formula is C15H21NO8. The zero-order valence-electron chi connectivity index (χ0n) is 13.2. The van der Waals surface area contributed by atoms with Crippen LogP contribution in [0.1, 0.15) is 6.42 Å². The average Bonchev–Trinajstić information content (AvgIpc) is 2.56. The smallest absolute Gasteiger partial charge is 0.305 e. The molecular weight excluding hydrogens is 322 g/mol. The number of hydrogen-bond donors (Lipinski definition) is 1. The Balaban J connectivity index is 1.90. The molecule has 134 valence electrons. The van der Waals surface area contributed by atoms with Gasteiger partial charge in [0.2, 0.25) is 0 Å². The Morgan fingerprint density at radius 2 is 1.42 bits per heavy atom. The van der Waals surface area contributed by atoms with Crippen molar-refractivity contribution in [1.82, 2.24) is 0 Å². The van der Waals surface area contributed by atoms with Crippen molar-refractivity contribution >= 4 is 11.7 Å². The third kappa shape index (κ3) is 9.72. The second-order valence-corrected chi connectivity index (χ2v) is 4.58. The van der Waals surface area contributed by atoms with Crippen molar-refractivity contribution in [2.24, 2.45) is 0 Å². The monoisotopic (exact) mass is 343 g/mol. The van der Waals surface area contributed by atoms with Gasteiger partial charge in [-0.25, -0.2) is 0 Å². The van der Waals surface area contributed by atoms with E-state index in [-0.39, 0.29) is 18.7 Å². The molecule has 0 bridgehead atoms. The van der Waals surface area contributed by atoms with E-state index in [2.05, 4.69) is 0 Å². The van der Waals surface area contributed by atoms with Gasteiger partial charge in [-0.3, -0.25) is 14.9 Å². The first-order valence-electron chi connectivity index (χ1n) is 7.42. The quantitative estimate of drug-likeness (QED) is 0.307. The van der Waals surface area contributed by atoms with Gasteiger partial charge in [-0.15, -0.1) is 0 Å². The molecule has 9 heteroatoms. The fourth-order valence-electron chi connectivity index (χ4n) is 1.58. The summed E-state index contributed by atoms with van der Waals surface area (Å²) >= 11 is 0. The van der Waals surface area contributed by atoms with E-state index in [9.17, 15) is 14.9 Å². The van der Waals surface area contributed by atoms with Gasteiger partial charge in [-0.2, -0.15) is 0 Å². The topological polar surface area (TPSA) is 117 Å². The number of ether oxygens (including phenoxy) is 4. The molecule has 0 aliphatic heterocycles. The van der Waals surface area contributed by atoms with E-state index in [0.717, 1.165) is 0 Å². The maximum Gasteiger partial charge on any atom is 0.305 e. The van der Waals surface area contributed by atoms with Gasteiger partial charge in [0.25, 0.3) is 5.69 Å². The lowest BCUT2D eigenvalue weighted by Crippen LogP contribution is -2.13. The van der Waals surface area contributed by atoms with E-state index < -0.39 is 10.9 Å². The molecule has 1 aromatic rings. The minimum atomic E-state index is -0.889. The van der Waals surface area contributed by atoms with E-state index >= 15 is 0 Å². The van der Waals surface area contributed by atoms with Crippen molar-refractivity contribution in [3.8, 4) is 5.75 Å². The highest BCUT2D eigenvalue weighted by Crippen LogP contribution is 2.16. The Kier molecular flexibility index (Phi) is 10.1. The van der Waals surface area contributed by atoms with Crippen LogP contribution in [0.2, 0.25) is 0 Å². The first-order valence-corrected chi connectivity index (χ1v) is 7.42. The van der Waals surface area contributed by atoms with Crippen LogP contribution in [-0.2, 0) is 19.0 Å². The predicted molar refractivity (Wildman–Crippen MR) is 83.3 cm³/mol. The molecule has 9 nitrogen and oxygen atoms in total. The largest absolute Gasteiger partial charge is 0.491 e. The second kappa shape index (κ2) is 12.2. The van der Waals surface area contributed by atoms with Crippen LogP contribution >= 0.6 is 0 Å². The van der Waals surface area contributed by atoms with Gasteiger partial charge in [0, 0.05) is 12.1 Å². The summed E-state index contributed by atoms with van der Waals surface area (Å²) < 4.78 is 21.0. The van der Waals surface area contributed by atoms with Crippen molar-refractivity contribution < 1.29 is 33.8 Å². The van der Waals surface area contributed by atoms with Crippen LogP contribution in [0.4, 0.5) is 5.69 Å². The Bertz CT molecular complexity index is 491. The van der Waals surface area contributed by atoms with Crippen LogP contribution in [-0.4, -0.2) is 62.2 Å². The fraction of sp³-hybridized carbons (Fsp3) is 0.533. The highest BCUT2D eigenvalue weighted by molar-refractivity contribution is 5.66. The number of benzene rings is 1. The molecule has 1 N–H and O–H groups in total. The maximum atomic E-state index is 10.5. The number of hydrogen-bond acceptors (Lipinski definition) is 7. The van der Waals surface area contributed by atoms with Gasteiger partial charge in [-0.1, -0.05) is 0 Å². The highest BCUT2D eigenvalue weighted by Gasteiger charge is 2.04. The number of nitro benzene ring substituents is 1. The van der Waals surface area contributed by atoms with Gasteiger partial charge in [0.05, 0.1) is 51.0 Å². The summed E-state index contributed by atoms with van der Waals surface area (Å²) in [5, 5.41) is 18.9. The lowest BCUT2D eigenvalue weighted by molar-refractivity contribution is -0.384. The molecule has 0 aliphatic rings. The molecule has 1 aromatic carbocycles. The first kappa shape index (κ1) is 19.8. The lowest BCUT2D eigenvalue weighted by Gasteiger charge is -2.08. The number of nitro groups is 1. The van der Waals surface area contributed by atoms with Crippen LogP contribution < -0.4 is 4.74 Å². The van der Waals surface area contributed by atoms with E-state index in [1.165, 1.54) is 24.3 Å². The van der Waals surface area contributed by atoms with Crippen LogP contribution in [0.15, 0.2) is 24.3 Å². The Morgan fingerprint density at radius 3 is 1.92 bits per heavy atom. The molecule has 0 aliphatic carbocycles. The number of carbonyl (C=O) groups is 1. The standard InChI is InChI=1S/C15H21NO8/c17-15(18)5-6-21-7-8-22-9-10-23-11-12-24-14-3-1-13(2-4-14)16(19)20/h1-4H,5-12H2,(H,17,18). The van der Waals surface area contributed by atoms with Crippen molar-refractivity contribution in [1.29, 1.82) is 0 Å². The lowest BCUT2D eigenvalue weighted by atomic mass is 10.3. The Morgan fingerprint density at radius 1 is 0.917 bits per heavy atom. The number of carboxylic acid groups (broad SMARTS) is 1. The van der Waals surface area contributed by atoms with E-state index in [1.54, 1.807) is 0 Å². The number of non-ortho nitro benzene ring substituents is 1. The highest BCUT2D eigenvalue weighted by atomic mass is 16.6. The SMILES string of the molecule is O=C(O)CCOCCOCCOCCOc1ccc([N+](=O)[O-])cc1. The summed E-state index contributed by atoms with van der Waals surface area (Å²) in [6.07, 6.45) is -0.0160. The second-order valence-electron chi connectivity index (χ2n) is 4.58. The molecule has 0 amide bonds. The van der Waals surface area contributed by atoms with Crippen molar-refractivity contribution in [2.45, 2.75) is 6.42 Å². The van der Waals surface area contributed by atoms with Gasteiger partial charge < -0.3 is 24.1 Å². The molecule has 0 saturated carbocycles. The summed E-state index contributed by atoms with van der Waals surface area (Å²) in [5.41, 5.74) is 0.0164. The van der Waals surface area contributed by atoms with Crippen molar-refractivity contribution in [3.05, 3.63) is 34.4 Å². The molecule has 0 atom stereocenters. The molecule has 0 saturated heterocycles. The van der Waals surface area contributed by atoms with E-state index in [1.807, 2.05) is 0 Å². The van der Waals surface area contributed by atoms with Crippen LogP contribution in [0, 0.1) is 10.1 Å². The van der Waals surface area contributed by atoms with Crippen LogP contribution in [0.25, 0.3) is 0 Å². The maximum absolute atomic E-state index is 10.5. The Hall–Kier alpha value is -2.23. The number of rotatable bonds is 14. The average molecular weight is 343 g/mol. The number of nitrogens with zero attached hydrogens (tertiary/aromatic N) is 1. The van der Waals surface area contributed by atoms with E-state index in [4.69, 9.17) is 24.1 Å². The molecule has 0 aromatic heterocycles. The molecule has 0 unspecified atom stereocenters. The minimum Gasteiger partial charge on any atom is -0.491 e. The summed E-state index contributed by atoms with van der Waals surface area (Å²) in [6.45, 7) is 2.40. The molecule has 0 spiro atoms. The van der Waals surface area contributed by atoms with Crippen LogP contribution in [0.5, 0.6) is 5.75 Å². The van der Waals surface area contributed by atoms with Gasteiger partial charge >= 0.3 is 5.97 Å². The predicted octanol–water partition coefficient (Wildman–Crippen LogP) is 1.50. The summed E-state index contributed by atoms with van der Waals surface area (Å²) in [7, 11) is 0. The van der Waals surface area contributed by atoms with Crippen molar-refractivity contribution in [3.63, 3.8) is 0 Å².